The molecule has 2 N–H and O–H groups in total. The summed E-state index contributed by atoms with van der Waals surface area (Å²) < 4.78 is 34.1. The highest BCUT2D eigenvalue weighted by atomic mass is 35.5. The standard InChI is InChI=1S/C21H33ClN2O3S/c1-15(2)16-5-9-18(10-6-16)27-14-21-20(23)4-3-13-24(21)28(25,26)19-11-7-17(22)8-12-19/h7-8,11-12,15-16,18,20-21H,3-6,9-10,13-14,23H2,1-2H3/t16-,18+,20-,21-/m0/s1. The average Bonchev–Trinajstić information content (AvgIpc) is 2.67. The first-order valence-corrected chi connectivity index (χ1v) is 12.3. The van der Waals surface area contributed by atoms with Gasteiger partial charge in [-0.2, -0.15) is 4.31 Å². The molecule has 0 spiro atoms. The molecule has 2 fully saturated rings. The minimum absolute atomic E-state index is 0.206. The van der Waals surface area contributed by atoms with Crippen molar-refractivity contribution in [3.63, 3.8) is 0 Å². The third kappa shape index (κ3) is 5.08. The summed E-state index contributed by atoms with van der Waals surface area (Å²) in [6, 6.07) is 5.81. The molecule has 0 aromatic heterocycles. The smallest absolute Gasteiger partial charge is 0.243 e. The minimum Gasteiger partial charge on any atom is -0.376 e. The molecule has 1 aromatic carbocycles. The van der Waals surface area contributed by atoms with E-state index in [2.05, 4.69) is 13.8 Å². The summed E-state index contributed by atoms with van der Waals surface area (Å²) >= 11 is 5.92. The van der Waals surface area contributed by atoms with E-state index in [1.807, 2.05) is 0 Å². The largest absolute Gasteiger partial charge is 0.376 e. The van der Waals surface area contributed by atoms with E-state index < -0.39 is 10.0 Å². The molecule has 2 aliphatic rings. The van der Waals surface area contributed by atoms with Gasteiger partial charge in [-0.25, -0.2) is 8.42 Å². The van der Waals surface area contributed by atoms with Crippen molar-refractivity contribution in [2.24, 2.45) is 17.6 Å². The molecule has 0 unspecified atom stereocenters. The van der Waals surface area contributed by atoms with E-state index in [4.69, 9.17) is 22.1 Å². The maximum absolute atomic E-state index is 13.2. The van der Waals surface area contributed by atoms with Crippen LogP contribution in [0.2, 0.25) is 5.02 Å². The van der Waals surface area contributed by atoms with Crippen LogP contribution in [0.5, 0.6) is 0 Å². The van der Waals surface area contributed by atoms with Crippen LogP contribution in [0.15, 0.2) is 29.2 Å². The van der Waals surface area contributed by atoms with Crippen LogP contribution in [0.25, 0.3) is 0 Å². The Hall–Kier alpha value is -0.660. The zero-order chi connectivity index (χ0) is 20.3. The van der Waals surface area contributed by atoms with E-state index in [-0.39, 0.29) is 23.1 Å². The Morgan fingerprint density at radius 3 is 2.39 bits per heavy atom. The molecule has 0 radical (unpaired) electrons. The molecule has 3 rings (SSSR count). The van der Waals surface area contributed by atoms with Gasteiger partial charge in [-0.15, -0.1) is 0 Å². The molecule has 7 heteroatoms. The lowest BCUT2D eigenvalue weighted by molar-refractivity contribution is -0.0161. The summed E-state index contributed by atoms with van der Waals surface area (Å²) in [6.45, 7) is 5.41. The van der Waals surface area contributed by atoms with Crippen molar-refractivity contribution >= 4 is 21.6 Å². The molecule has 1 saturated carbocycles. The van der Waals surface area contributed by atoms with Crippen molar-refractivity contribution in [2.45, 2.75) is 75.5 Å². The molecule has 158 valence electrons. The van der Waals surface area contributed by atoms with E-state index in [9.17, 15) is 8.42 Å². The molecule has 5 nitrogen and oxygen atoms in total. The van der Waals surface area contributed by atoms with Crippen molar-refractivity contribution in [3.05, 3.63) is 29.3 Å². The maximum atomic E-state index is 13.2. The first kappa shape index (κ1) is 22.0. The first-order valence-electron chi connectivity index (χ1n) is 10.4. The van der Waals surface area contributed by atoms with Gasteiger partial charge in [0.25, 0.3) is 0 Å². The van der Waals surface area contributed by atoms with Crippen molar-refractivity contribution < 1.29 is 13.2 Å². The van der Waals surface area contributed by atoms with Crippen LogP contribution in [0.3, 0.4) is 0 Å². The lowest BCUT2D eigenvalue weighted by Gasteiger charge is -2.40. The summed E-state index contributed by atoms with van der Waals surface area (Å²) in [5, 5.41) is 0.520. The molecule has 0 amide bonds. The number of hydrogen-bond acceptors (Lipinski definition) is 4. The second-order valence-electron chi connectivity index (χ2n) is 8.56. The maximum Gasteiger partial charge on any atom is 0.243 e. The second-order valence-corrected chi connectivity index (χ2v) is 10.9. The van der Waals surface area contributed by atoms with Gasteiger partial charge < -0.3 is 10.5 Å². The fourth-order valence-electron chi connectivity index (χ4n) is 4.46. The number of nitrogens with zero attached hydrogens (tertiary/aromatic N) is 1. The number of halogens is 1. The lowest BCUT2D eigenvalue weighted by atomic mass is 9.80. The lowest BCUT2D eigenvalue weighted by Crippen LogP contribution is -2.56. The Bertz CT molecular complexity index is 731. The summed E-state index contributed by atoms with van der Waals surface area (Å²) in [5.41, 5.74) is 6.34. The molecule has 1 aliphatic carbocycles. The fraction of sp³-hybridized carbons (Fsp3) is 0.714. The zero-order valence-corrected chi connectivity index (χ0v) is 18.5. The number of benzene rings is 1. The van der Waals surface area contributed by atoms with E-state index in [0.29, 0.717) is 24.1 Å². The van der Waals surface area contributed by atoms with E-state index in [1.54, 1.807) is 28.6 Å². The predicted octanol–water partition coefficient (Wildman–Crippen LogP) is 4.05. The van der Waals surface area contributed by atoms with Crippen molar-refractivity contribution in [1.29, 1.82) is 0 Å². The molecule has 1 saturated heterocycles. The number of piperidine rings is 1. The summed E-state index contributed by atoms with van der Waals surface area (Å²) in [6.07, 6.45) is 6.27. The quantitative estimate of drug-likeness (QED) is 0.741. The van der Waals surface area contributed by atoms with Crippen molar-refractivity contribution in [3.8, 4) is 0 Å². The van der Waals surface area contributed by atoms with Gasteiger partial charge in [0.2, 0.25) is 10.0 Å². The van der Waals surface area contributed by atoms with Gasteiger partial charge in [0.1, 0.15) is 0 Å². The SMILES string of the molecule is CC(C)[C@H]1CC[C@@H](OC[C@H]2[C@@H](N)CCCN2S(=O)(=O)c2ccc(Cl)cc2)CC1. The number of rotatable bonds is 6. The first-order chi connectivity index (χ1) is 13.3. The van der Waals surface area contributed by atoms with Crippen LogP contribution >= 0.6 is 11.6 Å². The monoisotopic (exact) mass is 428 g/mol. The molecule has 1 heterocycles. The highest BCUT2D eigenvalue weighted by Crippen LogP contribution is 2.32. The molecule has 28 heavy (non-hydrogen) atoms. The minimum atomic E-state index is -3.62. The van der Waals surface area contributed by atoms with Gasteiger partial charge >= 0.3 is 0 Å². The summed E-state index contributed by atoms with van der Waals surface area (Å²) in [5.74, 6) is 1.49. The van der Waals surface area contributed by atoms with E-state index >= 15 is 0 Å². The number of ether oxygens (including phenoxy) is 1. The third-order valence-electron chi connectivity index (χ3n) is 6.36. The van der Waals surface area contributed by atoms with Crippen LogP contribution in [0, 0.1) is 11.8 Å². The van der Waals surface area contributed by atoms with Gasteiger partial charge in [-0.3, -0.25) is 0 Å². The summed E-state index contributed by atoms with van der Waals surface area (Å²) in [7, 11) is -3.62. The predicted molar refractivity (Wildman–Crippen MR) is 113 cm³/mol. The summed E-state index contributed by atoms with van der Waals surface area (Å²) in [4.78, 5) is 0.258. The van der Waals surface area contributed by atoms with Crippen molar-refractivity contribution in [1.82, 2.24) is 4.31 Å². The van der Waals surface area contributed by atoms with Crippen LogP contribution in [-0.4, -0.2) is 44.1 Å². The number of sulfonamides is 1. The van der Waals surface area contributed by atoms with Gasteiger partial charge in [0.05, 0.1) is 23.6 Å². The van der Waals surface area contributed by atoms with Crippen LogP contribution in [0.4, 0.5) is 0 Å². The van der Waals surface area contributed by atoms with Gasteiger partial charge in [-0.05, 0) is 74.6 Å². The van der Waals surface area contributed by atoms with Gasteiger partial charge in [0.15, 0.2) is 0 Å². The molecule has 1 aliphatic heterocycles. The van der Waals surface area contributed by atoms with Gasteiger partial charge in [0, 0.05) is 17.6 Å². The van der Waals surface area contributed by atoms with E-state index in [0.717, 1.165) is 31.6 Å². The topological polar surface area (TPSA) is 72.6 Å². The third-order valence-corrected chi connectivity index (χ3v) is 8.56. The Morgan fingerprint density at radius 2 is 1.79 bits per heavy atom. The molecule has 2 atom stereocenters. The Morgan fingerprint density at radius 1 is 1.14 bits per heavy atom. The molecule has 0 bridgehead atoms. The zero-order valence-electron chi connectivity index (χ0n) is 16.9. The fourth-order valence-corrected chi connectivity index (χ4v) is 6.28. The highest BCUT2D eigenvalue weighted by molar-refractivity contribution is 7.89. The Labute approximate surface area is 174 Å². The average molecular weight is 429 g/mol. The molecule has 1 aromatic rings. The Balaban J connectivity index is 1.67. The second kappa shape index (κ2) is 9.43. The van der Waals surface area contributed by atoms with Gasteiger partial charge in [-0.1, -0.05) is 25.4 Å². The molecular weight excluding hydrogens is 396 g/mol. The number of hydrogen-bond donors (Lipinski definition) is 1. The van der Waals surface area contributed by atoms with Crippen LogP contribution in [0.1, 0.15) is 52.4 Å². The highest BCUT2D eigenvalue weighted by Gasteiger charge is 2.38. The normalized spacial score (nSPS) is 29.9. The van der Waals surface area contributed by atoms with Crippen LogP contribution in [-0.2, 0) is 14.8 Å². The Kier molecular flexibility index (Phi) is 7.42. The molecular formula is C21H33ClN2O3S. The van der Waals surface area contributed by atoms with Crippen molar-refractivity contribution in [2.75, 3.05) is 13.2 Å². The van der Waals surface area contributed by atoms with E-state index in [1.165, 1.54) is 12.8 Å². The number of nitrogens with two attached hydrogens (primary N) is 1. The van der Waals surface area contributed by atoms with Crippen LogP contribution < -0.4 is 5.73 Å².